The van der Waals surface area contributed by atoms with Crippen molar-refractivity contribution in [1.82, 2.24) is 5.16 Å². The largest absolute Gasteiger partial charge is 0.493 e. The molecule has 0 N–H and O–H groups in total. The van der Waals surface area contributed by atoms with E-state index in [-0.39, 0.29) is 6.61 Å². The molecule has 28 heavy (non-hydrogen) atoms. The zero-order valence-corrected chi connectivity index (χ0v) is 16.4. The molecule has 0 spiro atoms. The normalized spacial score (nSPS) is 10.8. The van der Waals surface area contributed by atoms with Gasteiger partial charge in [0, 0.05) is 12.1 Å². The zero-order valence-electron chi connectivity index (χ0n) is 15.6. The Balaban J connectivity index is 1.62. The van der Waals surface area contributed by atoms with Gasteiger partial charge in [-0.25, -0.2) is 4.79 Å². The number of hydrogen-bond acceptors (Lipinski definition) is 8. The highest BCUT2D eigenvalue weighted by atomic mass is 32.1. The average molecular weight is 401 g/mol. The van der Waals surface area contributed by atoms with E-state index in [4.69, 9.17) is 23.5 Å². The highest BCUT2D eigenvalue weighted by molar-refractivity contribution is 7.13. The van der Waals surface area contributed by atoms with Gasteiger partial charge in [0.05, 0.1) is 26.2 Å². The number of rotatable bonds is 8. The standard InChI is InChI=1S/C20H19NO6S/c1-23-16-9-13(10-17(24-2)20(16)25-3)6-7-19(22)26-12-14-11-15(27-21-14)18-5-4-8-28-18/h4-11H,12H2,1-3H3/b7-6-. The quantitative estimate of drug-likeness (QED) is 0.414. The van der Waals surface area contributed by atoms with E-state index in [9.17, 15) is 4.79 Å². The Morgan fingerprint density at radius 1 is 1.14 bits per heavy atom. The molecule has 0 saturated heterocycles. The minimum absolute atomic E-state index is 0.0211. The Morgan fingerprint density at radius 3 is 2.50 bits per heavy atom. The number of aromatic nitrogens is 1. The third kappa shape index (κ3) is 4.52. The summed E-state index contributed by atoms with van der Waals surface area (Å²) < 4.78 is 26.3. The van der Waals surface area contributed by atoms with Crippen LogP contribution >= 0.6 is 11.3 Å². The first kappa shape index (κ1) is 19.5. The number of hydrogen-bond donors (Lipinski definition) is 0. The molecule has 7 nitrogen and oxygen atoms in total. The van der Waals surface area contributed by atoms with Crippen LogP contribution in [0.2, 0.25) is 0 Å². The molecule has 0 radical (unpaired) electrons. The molecule has 3 rings (SSSR count). The first-order valence-corrected chi connectivity index (χ1v) is 9.17. The minimum Gasteiger partial charge on any atom is -0.493 e. The predicted octanol–water partition coefficient (Wildman–Crippen LogP) is 4.19. The Kier molecular flexibility index (Phi) is 6.33. The molecule has 0 aliphatic heterocycles. The summed E-state index contributed by atoms with van der Waals surface area (Å²) in [5, 5.41) is 5.86. The molecule has 0 aliphatic rings. The Bertz CT molecular complexity index is 936. The summed E-state index contributed by atoms with van der Waals surface area (Å²) in [7, 11) is 4.59. The molecule has 0 atom stereocenters. The Morgan fingerprint density at radius 2 is 1.89 bits per heavy atom. The van der Waals surface area contributed by atoms with E-state index in [2.05, 4.69) is 5.16 Å². The molecular formula is C20H19NO6S. The van der Waals surface area contributed by atoms with Crippen molar-refractivity contribution in [3.05, 3.63) is 53.0 Å². The lowest BCUT2D eigenvalue weighted by atomic mass is 10.1. The zero-order chi connectivity index (χ0) is 19.9. The number of benzene rings is 1. The second kappa shape index (κ2) is 9.09. The summed E-state index contributed by atoms with van der Waals surface area (Å²) >= 11 is 1.55. The van der Waals surface area contributed by atoms with E-state index in [0.717, 1.165) is 4.88 Å². The van der Waals surface area contributed by atoms with Gasteiger partial charge in [-0.15, -0.1) is 11.3 Å². The molecule has 1 aromatic carbocycles. The van der Waals surface area contributed by atoms with Crippen molar-refractivity contribution in [3.8, 4) is 27.9 Å². The van der Waals surface area contributed by atoms with Gasteiger partial charge in [-0.3, -0.25) is 0 Å². The lowest BCUT2D eigenvalue weighted by Gasteiger charge is -2.12. The summed E-state index contributed by atoms with van der Waals surface area (Å²) in [6.07, 6.45) is 2.92. The van der Waals surface area contributed by atoms with Gasteiger partial charge in [0.15, 0.2) is 17.3 Å². The molecule has 0 saturated carbocycles. The number of carbonyl (C=O) groups excluding carboxylic acids is 1. The van der Waals surface area contributed by atoms with Crippen LogP contribution in [0.25, 0.3) is 16.7 Å². The summed E-state index contributed by atoms with van der Waals surface area (Å²) in [4.78, 5) is 13.0. The van der Waals surface area contributed by atoms with Crippen LogP contribution in [0.3, 0.4) is 0 Å². The van der Waals surface area contributed by atoms with Crippen molar-refractivity contribution in [2.24, 2.45) is 0 Å². The lowest BCUT2D eigenvalue weighted by molar-refractivity contribution is -0.139. The summed E-state index contributed by atoms with van der Waals surface area (Å²) in [6, 6.07) is 9.07. The SMILES string of the molecule is COc1cc(/C=C\C(=O)OCc2cc(-c3cccs3)on2)cc(OC)c1OC. The number of methoxy groups -OCH3 is 3. The number of esters is 1. The van der Waals surface area contributed by atoms with Crippen LogP contribution in [-0.4, -0.2) is 32.5 Å². The van der Waals surface area contributed by atoms with E-state index < -0.39 is 5.97 Å². The number of carbonyl (C=O) groups is 1. The highest BCUT2D eigenvalue weighted by Crippen LogP contribution is 2.38. The fourth-order valence-electron chi connectivity index (χ4n) is 2.47. The van der Waals surface area contributed by atoms with Gasteiger partial charge in [-0.05, 0) is 35.2 Å². The van der Waals surface area contributed by atoms with Crippen LogP contribution in [0.15, 0.2) is 46.3 Å². The van der Waals surface area contributed by atoms with Gasteiger partial charge in [-0.2, -0.15) is 0 Å². The molecule has 0 fully saturated rings. The van der Waals surface area contributed by atoms with Crippen molar-refractivity contribution in [3.63, 3.8) is 0 Å². The van der Waals surface area contributed by atoms with Crippen molar-refractivity contribution in [1.29, 1.82) is 0 Å². The summed E-state index contributed by atoms with van der Waals surface area (Å²) in [5.74, 6) is 1.62. The maximum absolute atomic E-state index is 12.0. The molecule has 2 heterocycles. The second-order valence-corrected chi connectivity index (χ2v) is 6.51. The maximum atomic E-state index is 12.0. The molecule has 3 aromatic rings. The molecular weight excluding hydrogens is 382 g/mol. The van der Waals surface area contributed by atoms with E-state index in [0.29, 0.717) is 34.3 Å². The third-order valence-electron chi connectivity index (χ3n) is 3.78. The summed E-state index contributed by atoms with van der Waals surface area (Å²) in [5.41, 5.74) is 1.24. The van der Waals surface area contributed by atoms with Crippen LogP contribution in [0, 0.1) is 0 Å². The topological polar surface area (TPSA) is 80.0 Å². The number of thiophene rings is 1. The predicted molar refractivity (Wildman–Crippen MR) is 105 cm³/mol. The fraction of sp³-hybridized carbons (Fsp3) is 0.200. The van der Waals surface area contributed by atoms with Gasteiger partial charge in [0.2, 0.25) is 5.75 Å². The van der Waals surface area contributed by atoms with Crippen LogP contribution in [0.5, 0.6) is 17.2 Å². The van der Waals surface area contributed by atoms with Gasteiger partial charge in [-0.1, -0.05) is 11.2 Å². The molecule has 8 heteroatoms. The molecule has 146 valence electrons. The monoisotopic (exact) mass is 401 g/mol. The fourth-order valence-corrected chi connectivity index (χ4v) is 3.14. The van der Waals surface area contributed by atoms with Gasteiger partial charge < -0.3 is 23.5 Å². The average Bonchev–Trinajstić information content (AvgIpc) is 3.41. The molecule has 0 bridgehead atoms. The highest BCUT2D eigenvalue weighted by Gasteiger charge is 2.13. The third-order valence-corrected chi connectivity index (χ3v) is 4.67. The van der Waals surface area contributed by atoms with Crippen molar-refractivity contribution in [2.75, 3.05) is 21.3 Å². The van der Waals surface area contributed by atoms with Crippen molar-refractivity contribution < 1.29 is 28.3 Å². The number of ether oxygens (including phenoxy) is 4. The van der Waals surface area contributed by atoms with E-state index in [1.54, 1.807) is 35.6 Å². The van der Waals surface area contributed by atoms with Crippen LogP contribution in [0.1, 0.15) is 11.3 Å². The van der Waals surface area contributed by atoms with Crippen LogP contribution < -0.4 is 14.2 Å². The van der Waals surface area contributed by atoms with E-state index in [1.165, 1.54) is 27.4 Å². The second-order valence-electron chi connectivity index (χ2n) is 5.56. The first-order chi connectivity index (χ1) is 13.6. The van der Waals surface area contributed by atoms with Crippen LogP contribution in [-0.2, 0) is 16.1 Å². The molecule has 0 amide bonds. The van der Waals surface area contributed by atoms with E-state index >= 15 is 0 Å². The molecule has 0 unspecified atom stereocenters. The number of nitrogens with zero attached hydrogens (tertiary/aromatic N) is 1. The van der Waals surface area contributed by atoms with Crippen molar-refractivity contribution in [2.45, 2.75) is 6.61 Å². The Hall–Kier alpha value is -3.26. The smallest absolute Gasteiger partial charge is 0.331 e. The lowest BCUT2D eigenvalue weighted by Crippen LogP contribution is -2.01. The van der Waals surface area contributed by atoms with Crippen LogP contribution in [0.4, 0.5) is 0 Å². The van der Waals surface area contributed by atoms with Gasteiger partial charge in [0.1, 0.15) is 12.3 Å². The van der Waals surface area contributed by atoms with Gasteiger partial charge in [0.25, 0.3) is 0 Å². The van der Waals surface area contributed by atoms with Gasteiger partial charge >= 0.3 is 5.97 Å². The maximum Gasteiger partial charge on any atom is 0.331 e. The molecule has 0 aliphatic carbocycles. The van der Waals surface area contributed by atoms with E-state index in [1.807, 2.05) is 17.5 Å². The first-order valence-electron chi connectivity index (χ1n) is 8.29. The minimum atomic E-state index is -0.505. The molecule has 2 aromatic heterocycles. The Labute approximate surface area is 166 Å². The summed E-state index contributed by atoms with van der Waals surface area (Å²) in [6.45, 7) is 0.0211. The van der Waals surface area contributed by atoms with Crippen molar-refractivity contribution >= 4 is 23.4 Å².